The van der Waals surface area contributed by atoms with E-state index < -0.39 is 0 Å². The minimum Gasteiger partial charge on any atom is -0.276 e. The summed E-state index contributed by atoms with van der Waals surface area (Å²) in [5.74, 6) is 0. The molecule has 2 heteroatoms. The zero-order chi connectivity index (χ0) is 13.0. The van der Waals surface area contributed by atoms with E-state index in [1.165, 1.54) is 16.7 Å². The number of aryl methyl sites for hydroxylation is 2. The number of benzene rings is 2. The molecule has 18 heavy (non-hydrogen) atoms. The molecule has 0 aliphatic rings. The van der Waals surface area contributed by atoms with E-state index in [2.05, 4.69) is 32.0 Å². The standard InChI is InChI=1S/C16H19NO/c1-13-9-10-15(14(2)11-13)12-17(18-3)16-7-5-4-6-8-16/h4-11H,12H2,1-3H3. The first-order valence-corrected chi connectivity index (χ1v) is 6.13. The first-order valence-electron chi connectivity index (χ1n) is 6.13. The van der Waals surface area contributed by atoms with E-state index in [1.54, 1.807) is 7.11 Å². The van der Waals surface area contributed by atoms with E-state index in [9.17, 15) is 0 Å². The summed E-state index contributed by atoms with van der Waals surface area (Å²) in [5.41, 5.74) is 4.94. The summed E-state index contributed by atoms with van der Waals surface area (Å²) >= 11 is 0. The molecule has 0 atom stereocenters. The molecule has 0 N–H and O–H groups in total. The summed E-state index contributed by atoms with van der Waals surface area (Å²) in [6, 6.07) is 16.6. The van der Waals surface area contributed by atoms with E-state index in [4.69, 9.17) is 4.84 Å². The van der Waals surface area contributed by atoms with Crippen molar-refractivity contribution < 1.29 is 4.84 Å². The zero-order valence-electron chi connectivity index (χ0n) is 11.2. The van der Waals surface area contributed by atoms with Crippen LogP contribution in [0.15, 0.2) is 48.5 Å². The van der Waals surface area contributed by atoms with Crippen LogP contribution < -0.4 is 5.06 Å². The minimum absolute atomic E-state index is 0.757. The maximum Gasteiger partial charge on any atom is 0.0708 e. The van der Waals surface area contributed by atoms with Crippen molar-refractivity contribution in [2.75, 3.05) is 12.2 Å². The molecule has 2 aromatic rings. The zero-order valence-corrected chi connectivity index (χ0v) is 11.2. The van der Waals surface area contributed by atoms with Crippen LogP contribution in [0.3, 0.4) is 0 Å². The molecule has 0 saturated carbocycles. The average Bonchev–Trinajstić information content (AvgIpc) is 2.39. The summed E-state index contributed by atoms with van der Waals surface area (Å²) < 4.78 is 0. The second-order valence-electron chi connectivity index (χ2n) is 4.48. The van der Waals surface area contributed by atoms with Crippen LogP contribution in [0.2, 0.25) is 0 Å². The van der Waals surface area contributed by atoms with Crippen LogP contribution in [0.25, 0.3) is 0 Å². The molecule has 94 valence electrons. The Morgan fingerprint density at radius 3 is 2.33 bits per heavy atom. The van der Waals surface area contributed by atoms with Gasteiger partial charge >= 0.3 is 0 Å². The van der Waals surface area contributed by atoms with Gasteiger partial charge in [-0.1, -0.05) is 42.0 Å². The van der Waals surface area contributed by atoms with Gasteiger partial charge in [-0.25, -0.2) is 0 Å². The number of rotatable bonds is 4. The van der Waals surface area contributed by atoms with E-state index in [0.717, 1.165) is 12.2 Å². The smallest absolute Gasteiger partial charge is 0.0708 e. The van der Waals surface area contributed by atoms with Crippen LogP contribution in [0.5, 0.6) is 0 Å². The number of hydroxylamine groups is 1. The molecule has 0 bridgehead atoms. The third kappa shape index (κ3) is 2.90. The Bertz CT molecular complexity index is 508. The first-order chi connectivity index (χ1) is 8.70. The SMILES string of the molecule is CON(Cc1ccc(C)cc1C)c1ccccc1. The Hall–Kier alpha value is -1.80. The number of hydrogen-bond donors (Lipinski definition) is 0. The molecule has 2 nitrogen and oxygen atoms in total. The van der Waals surface area contributed by atoms with Gasteiger partial charge < -0.3 is 0 Å². The average molecular weight is 241 g/mol. The first kappa shape index (κ1) is 12.7. The highest BCUT2D eigenvalue weighted by molar-refractivity contribution is 5.45. The van der Waals surface area contributed by atoms with Crippen LogP contribution in [-0.4, -0.2) is 7.11 Å². The van der Waals surface area contributed by atoms with Gasteiger partial charge in [0.15, 0.2) is 0 Å². The Kier molecular flexibility index (Phi) is 4.00. The van der Waals surface area contributed by atoms with Gasteiger partial charge in [-0.3, -0.25) is 9.90 Å². The molecule has 0 unspecified atom stereocenters. The van der Waals surface area contributed by atoms with Gasteiger partial charge in [-0.05, 0) is 37.1 Å². The Labute approximate surface area is 109 Å². The normalized spacial score (nSPS) is 10.4. The van der Waals surface area contributed by atoms with Gasteiger partial charge in [0.2, 0.25) is 0 Å². The van der Waals surface area contributed by atoms with E-state index in [-0.39, 0.29) is 0 Å². The fraction of sp³-hybridized carbons (Fsp3) is 0.250. The minimum atomic E-state index is 0.757. The van der Waals surface area contributed by atoms with Crippen molar-refractivity contribution in [1.29, 1.82) is 0 Å². The predicted molar refractivity (Wildman–Crippen MR) is 75.6 cm³/mol. The molecular weight excluding hydrogens is 222 g/mol. The highest BCUT2D eigenvalue weighted by Gasteiger charge is 2.07. The number of hydrogen-bond acceptors (Lipinski definition) is 2. The fourth-order valence-corrected chi connectivity index (χ4v) is 2.03. The lowest BCUT2D eigenvalue weighted by atomic mass is 10.1. The molecule has 2 rings (SSSR count). The summed E-state index contributed by atoms with van der Waals surface area (Å²) in [6.45, 7) is 5.01. The summed E-state index contributed by atoms with van der Waals surface area (Å²) in [7, 11) is 1.70. The van der Waals surface area contributed by atoms with Crippen LogP contribution in [0, 0.1) is 13.8 Å². The summed E-state index contributed by atoms with van der Waals surface area (Å²) in [5, 5.41) is 1.90. The topological polar surface area (TPSA) is 12.5 Å². The number of para-hydroxylation sites is 1. The van der Waals surface area contributed by atoms with Crippen LogP contribution >= 0.6 is 0 Å². The van der Waals surface area contributed by atoms with E-state index >= 15 is 0 Å². The monoisotopic (exact) mass is 241 g/mol. The molecule has 0 aliphatic heterocycles. The van der Waals surface area contributed by atoms with Gasteiger partial charge in [-0.15, -0.1) is 0 Å². The molecule has 0 aliphatic carbocycles. The molecule has 0 heterocycles. The van der Waals surface area contributed by atoms with Crippen LogP contribution in [0.1, 0.15) is 16.7 Å². The van der Waals surface area contributed by atoms with Crippen LogP contribution in [0.4, 0.5) is 5.69 Å². The Morgan fingerprint density at radius 1 is 1.00 bits per heavy atom. The fourth-order valence-electron chi connectivity index (χ4n) is 2.03. The Balaban J connectivity index is 2.21. The lowest BCUT2D eigenvalue weighted by Gasteiger charge is -2.22. The second kappa shape index (κ2) is 5.69. The lowest BCUT2D eigenvalue weighted by molar-refractivity contribution is 0.163. The summed E-state index contributed by atoms with van der Waals surface area (Å²) in [6.07, 6.45) is 0. The molecule has 0 aromatic heterocycles. The maximum absolute atomic E-state index is 5.46. The van der Waals surface area contributed by atoms with E-state index in [0.29, 0.717) is 0 Å². The van der Waals surface area contributed by atoms with Crippen molar-refractivity contribution in [1.82, 2.24) is 0 Å². The molecular formula is C16H19NO. The third-order valence-electron chi connectivity index (χ3n) is 3.08. The largest absolute Gasteiger partial charge is 0.276 e. The molecule has 0 radical (unpaired) electrons. The van der Waals surface area contributed by atoms with Gasteiger partial charge in [-0.2, -0.15) is 0 Å². The number of nitrogens with zero attached hydrogens (tertiary/aromatic N) is 1. The van der Waals surface area contributed by atoms with Crippen molar-refractivity contribution in [3.63, 3.8) is 0 Å². The lowest BCUT2D eigenvalue weighted by Crippen LogP contribution is -2.21. The Morgan fingerprint density at radius 2 is 1.72 bits per heavy atom. The van der Waals surface area contributed by atoms with Gasteiger partial charge in [0.05, 0.1) is 19.3 Å². The molecule has 0 spiro atoms. The van der Waals surface area contributed by atoms with Crippen molar-refractivity contribution in [2.24, 2.45) is 0 Å². The molecule has 2 aromatic carbocycles. The molecule has 0 fully saturated rings. The van der Waals surface area contributed by atoms with Crippen molar-refractivity contribution in [3.05, 3.63) is 65.2 Å². The molecule has 0 saturated heterocycles. The second-order valence-corrected chi connectivity index (χ2v) is 4.48. The van der Waals surface area contributed by atoms with Crippen molar-refractivity contribution >= 4 is 5.69 Å². The predicted octanol–water partition coefficient (Wildman–Crippen LogP) is 3.87. The van der Waals surface area contributed by atoms with E-state index in [1.807, 2.05) is 35.4 Å². The van der Waals surface area contributed by atoms with Gasteiger partial charge in [0.1, 0.15) is 0 Å². The third-order valence-corrected chi connectivity index (χ3v) is 3.08. The van der Waals surface area contributed by atoms with Crippen LogP contribution in [-0.2, 0) is 11.4 Å². The van der Waals surface area contributed by atoms with Gasteiger partial charge in [0, 0.05) is 0 Å². The van der Waals surface area contributed by atoms with Crippen molar-refractivity contribution in [3.8, 4) is 0 Å². The number of anilines is 1. The van der Waals surface area contributed by atoms with Crippen molar-refractivity contribution in [2.45, 2.75) is 20.4 Å². The highest BCUT2D eigenvalue weighted by Crippen LogP contribution is 2.19. The maximum atomic E-state index is 5.46. The quantitative estimate of drug-likeness (QED) is 0.753. The van der Waals surface area contributed by atoms with Gasteiger partial charge in [0.25, 0.3) is 0 Å². The summed E-state index contributed by atoms with van der Waals surface area (Å²) in [4.78, 5) is 5.46. The molecule has 0 amide bonds. The highest BCUT2D eigenvalue weighted by atomic mass is 16.7.